The highest BCUT2D eigenvalue weighted by molar-refractivity contribution is 6.34. The van der Waals surface area contributed by atoms with Crippen molar-refractivity contribution < 1.29 is 14.3 Å². The number of carbonyl (C=O) groups excluding carboxylic acids is 2. The van der Waals surface area contributed by atoms with Crippen LogP contribution in [0, 0.1) is 0 Å². The fourth-order valence-electron chi connectivity index (χ4n) is 2.88. The molecule has 0 heterocycles. The zero-order valence-electron chi connectivity index (χ0n) is 16.7. The number of ether oxygens (including phenoxy) is 1. The Hall–Kier alpha value is -3.31. The summed E-state index contributed by atoms with van der Waals surface area (Å²) in [6, 6.07) is 21.7. The number of hydrogen-bond acceptors (Lipinski definition) is 3. The van der Waals surface area contributed by atoms with Crippen LogP contribution in [0.25, 0.3) is 0 Å². The number of carbonyl (C=O) groups is 2. The van der Waals surface area contributed by atoms with Crippen LogP contribution in [0.15, 0.2) is 72.8 Å². The van der Waals surface area contributed by atoms with Crippen LogP contribution in [0.5, 0.6) is 5.75 Å². The number of amides is 2. The van der Waals surface area contributed by atoms with Crippen LogP contribution < -0.4 is 15.4 Å². The standard InChI is InChI=1S/C24H23ClN2O3/c1-2-30-20-12-10-19(11-13-20)26-24(29)18-9-14-21(25)22(16-18)27-23(28)15-8-17-6-4-3-5-7-17/h3-7,9-14,16H,2,8,15H2,1H3,(H,26,29)(H,27,28). The van der Waals surface area contributed by atoms with Gasteiger partial charge in [0.2, 0.25) is 5.91 Å². The Bertz CT molecular complexity index is 1000. The zero-order chi connectivity index (χ0) is 21.3. The van der Waals surface area contributed by atoms with E-state index in [-0.39, 0.29) is 11.8 Å². The summed E-state index contributed by atoms with van der Waals surface area (Å²) in [5.41, 5.74) is 2.54. The van der Waals surface area contributed by atoms with Gasteiger partial charge in [0.15, 0.2) is 0 Å². The van der Waals surface area contributed by atoms with Crippen molar-refractivity contribution in [3.63, 3.8) is 0 Å². The number of rotatable bonds is 8. The molecule has 0 bridgehead atoms. The lowest BCUT2D eigenvalue weighted by molar-refractivity contribution is -0.116. The minimum atomic E-state index is -0.296. The summed E-state index contributed by atoms with van der Waals surface area (Å²) in [5.74, 6) is 0.280. The first-order valence-electron chi connectivity index (χ1n) is 9.72. The molecule has 3 aromatic carbocycles. The Kier molecular flexibility index (Phi) is 7.46. The van der Waals surface area contributed by atoms with E-state index in [1.807, 2.05) is 37.3 Å². The van der Waals surface area contributed by atoms with Gasteiger partial charge in [-0.15, -0.1) is 0 Å². The molecule has 0 aliphatic rings. The number of halogens is 1. The van der Waals surface area contributed by atoms with Crippen LogP contribution in [0.2, 0.25) is 5.02 Å². The van der Waals surface area contributed by atoms with E-state index in [0.29, 0.717) is 41.4 Å². The minimum Gasteiger partial charge on any atom is -0.494 e. The molecule has 0 fully saturated rings. The van der Waals surface area contributed by atoms with Crippen molar-refractivity contribution in [1.82, 2.24) is 0 Å². The second-order valence-corrected chi connectivity index (χ2v) is 7.05. The molecule has 0 aromatic heterocycles. The predicted octanol–water partition coefficient (Wildman–Crippen LogP) is 5.56. The second-order valence-electron chi connectivity index (χ2n) is 6.64. The number of anilines is 2. The van der Waals surface area contributed by atoms with Crippen molar-refractivity contribution in [1.29, 1.82) is 0 Å². The third-order valence-electron chi connectivity index (χ3n) is 4.41. The molecular formula is C24H23ClN2O3. The van der Waals surface area contributed by atoms with Gasteiger partial charge in [-0.25, -0.2) is 0 Å². The fourth-order valence-corrected chi connectivity index (χ4v) is 3.05. The average Bonchev–Trinajstić information content (AvgIpc) is 2.76. The Morgan fingerprint density at radius 1 is 0.933 bits per heavy atom. The second kappa shape index (κ2) is 10.5. The highest BCUT2D eigenvalue weighted by atomic mass is 35.5. The Labute approximate surface area is 181 Å². The molecule has 0 aliphatic heterocycles. The molecule has 0 aliphatic carbocycles. The Morgan fingerprint density at radius 2 is 1.67 bits per heavy atom. The van der Waals surface area contributed by atoms with E-state index in [2.05, 4.69) is 10.6 Å². The molecule has 3 rings (SSSR count). The van der Waals surface area contributed by atoms with E-state index >= 15 is 0 Å². The van der Waals surface area contributed by atoms with Gasteiger partial charge in [0, 0.05) is 17.7 Å². The number of hydrogen-bond donors (Lipinski definition) is 2. The monoisotopic (exact) mass is 422 g/mol. The van der Waals surface area contributed by atoms with Gasteiger partial charge in [-0.1, -0.05) is 41.9 Å². The summed E-state index contributed by atoms with van der Waals surface area (Å²) >= 11 is 6.21. The van der Waals surface area contributed by atoms with Crippen LogP contribution in [0.3, 0.4) is 0 Å². The number of benzene rings is 3. The summed E-state index contributed by atoms with van der Waals surface area (Å²) in [7, 11) is 0. The molecule has 2 amide bonds. The summed E-state index contributed by atoms with van der Waals surface area (Å²) < 4.78 is 5.40. The summed E-state index contributed by atoms with van der Waals surface area (Å²) in [4.78, 5) is 24.9. The molecule has 0 atom stereocenters. The summed E-state index contributed by atoms with van der Waals surface area (Å²) in [6.45, 7) is 2.49. The SMILES string of the molecule is CCOc1ccc(NC(=O)c2ccc(Cl)c(NC(=O)CCc3ccccc3)c2)cc1. The van der Waals surface area contributed by atoms with Gasteiger partial charge in [-0.2, -0.15) is 0 Å². The molecule has 3 aromatic rings. The van der Waals surface area contributed by atoms with Crippen LogP contribution >= 0.6 is 11.6 Å². The molecule has 5 nitrogen and oxygen atoms in total. The van der Waals surface area contributed by atoms with Crippen LogP contribution in [-0.2, 0) is 11.2 Å². The first-order valence-corrected chi connectivity index (χ1v) is 10.1. The van der Waals surface area contributed by atoms with Crippen LogP contribution in [0.4, 0.5) is 11.4 Å². The topological polar surface area (TPSA) is 67.4 Å². The van der Waals surface area contributed by atoms with Gasteiger partial charge in [-0.05, 0) is 61.4 Å². The van der Waals surface area contributed by atoms with Crippen molar-refractivity contribution >= 4 is 34.8 Å². The van der Waals surface area contributed by atoms with E-state index in [4.69, 9.17) is 16.3 Å². The fraction of sp³-hybridized carbons (Fsp3) is 0.167. The zero-order valence-corrected chi connectivity index (χ0v) is 17.4. The molecule has 0 saturated carbocycles. The lowest BCUT2D eigenvalue weighted by Crippen LogP contribution is -2.15. The van der Waals surface area contributed by atoms with E-state index in [1.165, 1.54) is 0 Å². The van der Waals surface area contributed by atoms with Gasteiger partial charge < -0.3 is 15.4 Å². The van der Waals surface area contributed by atoms with Crippen molar-refractivity contribution in [2.45, 2.75) is 19.8 Å². The van der Waals surface area contributed by atoms with Gasteiger partial charge >= 0.3 is 0 Å². The molecule has 30 heavy (non-hydrogen) atoms. The molecular weight excluding hydrogens is 400 g/mol. The number of aryl methyl sites for hydroxylation is 1. The molecule has 0 spiro atoms. The highest BCUT2D eigenvalue weighted by Crippen LogP contribution is 2.24. The first-order chi connectivity index (χ1) is 14.5. The quantitative estimate of drug-likeness (QED) is 0.499. The third kappa shape index (κ3) is 6.09. The predicted molar refractivity (Wildman–Crippen MR) is 120 cm³/mol. The first kappa shape index (κ1) is 21.4. The van der Waals surface area contributed by atoms with E-state index in [0.717, 1.165) is 11.3 Å². The van der Waals surface area contributed by atoms with E-state index in [9.17, 15) is 9.59 Å². The van der Waals surface area contributed by atoms with Crippen molar-refractivity contribution in [3.05, 3.63) is 88.9 Å². The van der Waals surface area contributed by atoms with Gasteiger partial charge in [0.1, 0.15) is 5.75 Å². The normalized spacial score (nSPS) is 10.3. The van der Waals surface area contributed by atoms with Gasteiger partial charge in [-0.3, -0.25) is 9.59 Å². The highest BCUT2D eigenvalue weighted by Gasteiger charge is 2.12. The molecule has 154 valence electrons. The summed E-state index contributed by atoms with van der Waals surface area (Å²) in [5, 5.41) is 5.99. The lowest BCUT2D eigenvalue weighted by Gasteiger charge is -2.11. The summed E-state index contributed by atoms with van der Waals surface area (Å²) in [6.07, 6.45) is 0.950. The molecule has 6 heteroatoms. The van der Waals surface area contributed by atoms with Crippen molar-refractivity contribution in [2.24, 2.45) is 0 Å². The maximum atomic E-state index is 12.6. The minimum absolute atomic E-state index is 0.162. The maximum absolute atomic E-state index is 12.6. The van der Waals surface area contributed by atoms with Crippen molar-refractivity contribution in [3.8, 4) is 5.75 Å². The van der Waals surface area contributed by atoms with Gasteiger partial charge in [0.05, 0.1) is 17.3 Å². The smallest absolute Gasteiger partial charge is 0.255 e. The molecule has 0 radical (unpaired) electrons. The van der Waals surface area contributed by atoms with E-state index < -0.39 is 0 Å². The van der Waals surface area contributed by atoms with Crippen molar-refractivity contribution in [2.75, 3.05) is 17.2 Å². The maximum Gasteiger partial charge on any atom is 0.255 e. The number of nitrogens with one attached hydrogen (secondary N) is 2. The average molecular weight is 423 g/mol. The Morgan fingerprint density at radius 3 is 2.37 bits per heavy atom. The van der Waals surface area contributed by atoms with E-state index in [1.54, 1.807) is 42.5 Å². The Balaban J connectivity index is 1.62. The third-order valence-corrected chi connectivity index (χ3v) is 4.74. The molecule has 2 N–H and O–H groups in total. The molecule has 0 unspecified atom stereocenters. The molecule has 0 saturated heterocycles. The van der Waals surface area contributed by atoms with Crippen LogP contribution in [0.1, 0.15) is 29.3 Å². The van der Waals surface area contributed by atoms with Gasteiger partial charge in [0.25, 0.3) is 5.91 Å². The van der Waals surface area contributed by atoms with Crippen LogP contribution in [-0.4, -0.2) is 18.4 Å². The lowest BCUT2D eigenvalue weighted by atomic mass is 10.1. The largest absolute Gasteiger partial charge is 0.494 e.